The summed E-state index contributed by atoms with van der Waals surface area (Å²) < 4.78 is 0. The Labute approximate surface area is 90.1 Å². The molecule has 0 saturated heterocycles. The van der Waals surface area contributed by atoms with Crippen LogP contribution in [0, 0.1) is 5.41 Å². The lowest BCUT2D eigenvalue weighted by Crippen LogP contribution is -2.22. The smallest absolute Gasteiger partial charge is 0.142 e. The van der Waals surface area contributed by atoms with Crippen LogP contribution in [0.2, 0.25) is 5.02 Å². The van der Waals surface area contributed by atoms with Gasteiger partial charge in [-0.2, -0.15) is 0 Å². The summed E-state index contributed by atoms with van der Waals surface area (Å²) in [5.41, 5.74) is 0.619. The fraction of sp³-hybridized carbons (Fsp3) is 0.417. The highest BCUT2D eigenvalue weighted by molar-refractivity contribution is 6.31. The molecular weight excluding hydrogens is 196 g/mol. The minimum atomic E-state index is -0.292. The normalized spacial score (nSPS) is 11.4. The van der Waals surface area contributed by atoms with Crippen LogP contribution in [0.3, 0.4) is 0 Å². The zero-order valence-corrected chi connectivity index (χ0v) is 9.56. The molecule has 0 aliphatic rings. The van der Waals surface area contributed by atoms with Gasteiger partial charge in [0.1, 0.15) is 5.78 Å². The third-order valence-electron chi connectivity index (χ3n) is 2.15. The van der Waals surface area contributed by atoms with E-state index in [1.165, 1.54) is 0 Å². The summed E-state index contributed by atoms with van der Waals surface area (Å²) in [6.07, 6.45) is 0.420. The van der Waals surface area contributed by atoms with Gasteiger partial charge in [-0.15, -0.1) is 0 Å². The van der Waals surface area contributed by atoms with Crippen molar-refractivity contribution in [2.45, 2.75) is 27.2 Å². The Morgan fingerprint density at radius 2 is 1.86 bits per heavy atom. The number of hydrogen-bond acceptors (Lipinski definition) is 1. The van der Waals surface area contributed by atoms with Crippen LogP contribution in [0.1, 0.15) is 26.3 Å². The van der Waals surface area contributed by atoms with E-state index in [9.17, 15) is 4.79 Å². The Balaban J connectivity index is 2.80. The van der Waals surface area contributed by atoms with Crippen molar-refractivity contribution in [1.29, 1.82) is 0 Å². The summed E-state index contributed by atoms with van der Waals surface area (Å²) in [5, 5.41) is 0.671. The van der Waals surface area contributed by atoms with Crippen LogP contribution in [-0.4, -0.2) is 5.78 Å². The van der Waals surface area contributed by atoms with E-state index in [2.05, 4.69) is 0 Å². The van der Waals surface area contributed by atoms with Gasteiger partial charge in [0.2, 0.25) is 0 Å². The average Bonchev–Trinajstić information content (AvgIpc) is 2.07. The third kappa shape index (κ3) is 2.85. The molecule has 0 radical (unpaired) electrons. The first kappa shape index (κ1) is 11.3. The maximum Gasteiger partial charge on any atom is 0.142 e. The van der Waals surface area contributed by atoms with E-state index in [-0.39, 0.29) is 11.2 Å². The second-order valence-electron chi connectivity index (χ2n) is 4.44. The molecule has 1 aromatic rings. The predicted molar refractivity (Wildman–Crippen MR) is 59.6 cm³/mol. The van der Waals surface area contributed by atoms with E-state index in [1.54, 1.807) is 0 Å². The van der Waals surface area contributed by atoms with E-state index in [4.69, 9.17) is 11.6 Å². The Morgan fingerprint density at radius 1 is 1.29 bits per heavy atom. The molecule has 1 aromatic carbocycles. The van der Waals surface area contributed by atoms with Crippen molar-refractivity contribution in [2.75, 3.05) is 0 Å². The quantitative estimate of drug-likeness (QED) is 0.730. The van der Waals surface area contributed by atoms with Gasteiger partial charge in [0.25, 0.3) is 0 Å². The maximum absolute atomic E-state index is 11.7. The van der Waals surface area contributed by atoms with Gasteiger partial charge in [0.05, 0.1) is 0 Å². The lowest BCUT2D eigenvalue weighted by Gasteiger charge is -2.16. The van der Waals surface area contributed by atoms with Gasteiger partial charge in [-0.3, -0.25) is 4.79 Å². The molecule has 0 spiro atoms. The second-order valence-corrected chi connectivity index (χ2v) is 4.85. The van der Waals surface area contributed by atoms with Crippen molar-refractivity contribution in [2.24, 2.45) is 5.41 Å². The van der Waals surface area contributed by atoms with Crippen molar-refractivity contribution in [3.8, 4) is 0 Å². The molecule has 0 atom stereocenters. The molecule has 1 nitrogen and oxygen atoms in total. The van der Waals surface area contributed by atoms with Gasteiger partial charge in [0.15, 0.2) is 0 Å². The maximum atomic E-state index is 11.7. The number of halogens is 1. The molecule has 0 heterocycles. The summed E-state index contributed by atoms with van der Waals surface area (Å²) in [7, 11) is 0. The number of Topliss-reactive ketones (excluding diaryl/α,β-unsaturated/α-hetero) is 1. The molecule has 0 fully saturated rings. The SMILES string of the molecule is CC(C)(C)C(=O)Cc1ccccc1Cl. The van der Waals surface area contributed by atoms with Crippen molar-refractivity contribution < 1.29 is 4.79 Å². The summed E-state index contributed by atoms with van der Waals surface area (Å²) in [6, 6.07) is 7.48. The zero-order valence-electron chi connectivity index (χ0n) is 8.80. The lowest BCUT2D eigenvalue weighted by molar-refractivity contribution is -0.125. The fourth-order valence-corrected chi connectivity index (χ4v) is 1.28. The molecule has 0 bridgehead atoms. The molecule has 76 valence electrons. The highest BCUT2D eigenvalue weighted by Gasteiger charge is 2.21. The van der Waals surface area contributed by atoms with Crippen LogP contribution in [-0.2, 0) is 11.2 Å². The molecule has 0 amide bonds. The largest absolute Gasteiger partial charge is 0.299 e. The number of hydrogen-bond donors (Lipinski definition) is 0. The van der Waals surface area contributed by atoms with Crippen LogP contribution in [0.4, 0.5) is 0 Å². The van der Waals surface area contributed by atoms with Gasteiger partial charge in [0, 0.05) is 16.9 Å². The van der Waals surface area contributed by atoms with E-state index in [0.717, 1.165) is 5.56 Å². The Hall–Kier alpha value is -0.820. The van der Waals surface area contributed by atoms with Crippen molar-refractivity contribution in [3.05, 3.63) is 34.9 Å². The van der Waals surface area contributed by atoms with Crippen molar-refractivity contribution in [3.63, 3.8) is 0 Å². The molecule has 1 rings (SSSR count). The molecule has 14 heavy (non-hydrogen) atoms. The van der Waals surface area contributed by atoms with Gasteiger partial charge in [-0.05, 0) is 11.6 Å². The molecule has 0 aromatic heterocycles. The van der Waals surface area contributed by atoms with Gasteiger partial charge in [-0.1, -0.05) is 50.6 Å². The van der Waals surface area contributed by atoms with Crippen LogP contribution >= 0.6 is 11.6 Å². The number of carbonyl (C=O) groups is 1. The molecule has 0 unspecified atom stereocenters. The lowest BCUT2D eigenvalue weighted by atomic mass is 9.87. The molecule has 0 saturated carbocycles. The summed E-state index contributed by atoms with van der Waals surface area (Å²) in [5.74, 6) is 0.214. The zero-order chi connectivity index (χ0) is 10.8. The molecule has 0 aliphatic carbocycles. The Bertz CT molecular complexity index is 336. The first-order valence-electron chi connectivity index (χ1n) is 4.68. The summed E-state index contributed by atoms with van der Waals surface area (Å²) >= 11 is 5.97. The minimum Gasteiger partial charge on any atom is -0.299 e. The predicted octanol–water partition coefficient (Wildman–Crippen LogP) is 3.50. The second kappa shape index (κ2) is 4.14. The van der Waals surface area contributed by atoms with Gasteiger partial charge in [-0.25, -0.2) is 0 Å². The minimum absolute atomic E-state index is 0.214. The highest BCUT2D eigenvalue weighted by atomic mass is 35.5. The van der Waals surface area contributed by atoms with Crippen LogP contribution in [0.25, 0.3) is 0 Å². The van der Waals surface area contributed by atoms with E-state index in [0.29, 0.717) is 11.4 Å². The van der Waals surface area contributed by atoms with Crippen LogP contribution < -0.4 is 0 Å². The van der Waals surface area contributed by atoms with Crippen molar-refractivity contribution in [1.82, 2.24) is 0 Å². The van der Waals surface area contributed by atoms with E-state index >= 15 is 0 Å². The highest BCUT2D eigenvalue weighted by Crippen LogP contribution is 2.21. The molecule has 2 heteroatoms. The van der Waals surface area contributed by atoms with Crippen molar-refractivity contribution >= 4 is 17.4 Å². The number of rotatable bonds is 2. The monoisotopic (exact) mass is 210 g/mol. The van der Waals surface area contributed by atoms with E-state index in [1.807, 2.05) is 45.0 Å². The molecule has 0 aliphatic heterocycles. The summed E-state index contributed by atoms with van der Waals surface area (Å²) in [6.45, 7) is 5.77. The standard InChI is InChI=1S/C12H15ClO/c1-12(2,3)11(14)8-9-6-4-5-7-10(9)13/h4-7H,8H2,1-3H3. The fourth-order valence-electron chi connectivity index (χ4n) is 1.08. The Kier molecular flexibility index (Phi) is 3.33. The Morgan fingerprint density at radius 3 is 2.36 bits per heavy atom. The first-order valence-corrected chi connectivity index (χ1v) is 5.06. The number of benzene rings is 1. The van der Waals surface area contributed by atoms with Gasteiger partial charge < -0.3 is 0 Å². The third-order valence-corrected chi connectivity index (χ3v) is 2.51. The summed E-state index contributed by atoms with van der Waals surface area (Å²) in [4.78, 5) is 11.7. The van der Waals surface area contributed by atoms with E-state index < -0.39 is 0 Å². The van der Waals surface area contributed by atoms with Crippen LogP contribution in [0.5, 0.6) is 0 Å². The molecular formula is C12H15ClO. The molecule has 0 N–H and O–H groups in total. The first-order chi connectivity index (χ1) is 6.41. The average molecular weight is 211 g/mol. The topological polar surface area (TPSA) is 17.1 Å². The van der Waals surface area contributed by atoms with Gasteiger partial charge >= 0.3 is 0 Å². The van der Waals surface area contributed by atoms with Crippen LogP contribution in [0.15, 0.2) is 24.3 Å². The number of carbonyl (C=O) groups excluding carboxylic acids is 1. The number of ketones is 1.